The minimum Gasteiger partial charge on any atom is -0.504 e. The van der Waals surface area contributed by atoms with Crippen LogP contribution in [0.25, 0.3) is 0 Å². The van der Waals surface area contributed by atoms with Gasteiger partial charge in [0.1, 0.15) is 6.33 Å². The predicted molar refractivity (Wildman–Crippen MR) is 57.2 cm³/mol. The Labute approximate surface area is 93.3 Å². The summed E-state index contributed by atoms with van der Waals surface area (Å²) in [7, 11) is 0. The monoisotopic (exact) mass is 222 g/mol. The average Bonchev–Trinajstić information content (AvgIpc) is 2.33. The van der Waals surface area contributed by atoms with Gasteiger partial charge in [-0.05, 0) is 6.92 Å². The van der Waals surface area contributed by atoms with Crippen LogP contribution in [0.1, 0.15) is 16.2 Å². The zero-order valence-corrected chi connectivity index (χ0v) is 9.10. The molecule has 0 spiro atoms. The largest absolute Gasteiger partial charge is 0.504 e. The molecule has 0 aromatic carbocycles. The standard InChI is InChI=1S/C10H14N4O2/c1-7-9(15)8(13-6-12-7)10(16)14-4-2-11-3-5-14/h6,11,15H,2-5H2,1H3. The average molecular weight is 222 g/mol. The molecular formula is C10H14N4O2. The van der Waals surface area contributed by atoms with Crippen LogP contribution in [0.5, 0.6) is 5.75 Å². The Hall–Kier alpha value is -1.69. The SMILES string of the molecule is Cc1ncnc(C(=O)N2CCNCC2)c1O. The van der Waals surface area contributed by atoms with Crippen molar-refractivity contribution in [3.63, 3.8) is 0 Å². The van der Waals surface area contributed by atoms with E-state index in [1.807, 2.05) is 0 Å². The third-order valence-corrected chi connectivity index (χ3v) is 2.61. The van der Waals surface area contributed by atoms with Crippen molar-refractivity contribution in [1.82, 2.24) is 20.2 Å². The molecule has 1 aromatic rings. The molecule has 0 bridgehead atoms. The zero-order valence-electron chi connectivity index (χ0n) is 9.10. The summed E-state index contributed by atoms with van der Waals surface area (Å²) in [4.78, 5) is 21.4. The van der Waals surface area contributed by atoms with Crippen molar-refractivity contribution in [1.29, 1.82) is 0 Å². The Morgan fingerprint density at radius 2 is 2.12 bits per heavy atom. The van der Waals surface area contributed by atoms with Gasteiger partial charge in [-0.2, -0.15) is 0 Å². The molecule has 1 amide bonds. The molecule has 0 unspecified atom stereocenters. The molecule has 6 heteroatoms. The fourth-order valence-corrected chi connectivity index (χ4v) is 1.64. The van der Waals surface area contributed by atoms with Crippen molar-refractivity contribution in [3.05, 3.63) is 17.7 Å². The quantitative estimate of drug-likeness (QED) is 0.672. The minimum atomic E-state index is -0.232. The number of hydrogen-bond acceptors (Lipinski definition) is 5. The van der Waals surface area contributed by atoms with Crippen molar-refractivity contribution in [2.24, 2.45) is 0 Å². The van der Waals surface area contributed by atoms with Gasteiger partial charge in [-0.3, -0.25) is 4.79 Å². The number of nitrogens with zero attached hydrogens (tertiary/aromatic N) is 3. The molecule has 1 aromatic heterocycles. The summed E-state index contributed by atoms with van der Waals surface area (Å²) in [6.45, 7) is 4.47. The van der Waals surface area contributed by atoms with Gasteiger partial charge in [-0.1, -0.05) is 0 Å². The highest BCUT2D eigenvalue weighted by molar-refractivity contribution is 5.95. The summed E-state index contributed by atoms with van der Waals surface area (Å²) in [5.74, 6) is -0.351. The lowest BCUT2D eigenvalue weighted by atomic mass is 10.2. The van der Waals surface area contributed by atoms with E-state index in [1.165, 1.54) is 6.33 Å². The topological polar surface area (TPSA) is 78.4 Å². The van der Waals surface area contributed by atoms with Crippen LogP contribution in [0.2, 0.25) is 0 Å². The maximum atomic E-state index is 12.0. The number of nitrogens with one attached hydrogen (secondary N) is 1. The van der Waals surface area contributed by atoms with E-state index in [2.05, 4.69) is 15.3 Å². The van der Waals surface area contributed by atoms with Crippen LogP contribution < -0.4 is 5.32 Å². The molecule has 1 aliphatic rings. The molecule has 0 radical (unpaired) electrons. The molecule has 2 N–H and O–H groups in total. The first-order valence-corrected chi connectivity index (χ1v) is 5.20. The Kier molecular flexibility index (Phi) is 3.00. The second kappa shape index (κ2) is 4.44. The van der Waals surface area contributed by atoms with Gasteiger partial charge < -0.3 is 15.3 Å². The van der Waals surface area contributed by atoms with Crippen molar-refractivity contribution in [2.45, 2.75) is 6.92 Å². The van der Waals surface area contributed by atoms with Crippen LogP contribution in [0, 0.1) is 6.92 Å². The minimum absolute atomic E-state index is 0.0920. The third-order valence-electron chi connectivity index (χ3n) is 2.61. The summed E-state index contributed by atoms with van der Waals surface area (Å²) in [6.07, 6.45) is 1.30. The highest BCUT2D eigenvalue weighted by atomic mass is 16.3. The summed E-state index contributed by atoms with van der Waals surface area (Å²) in [5.41, 5.74) is 0.517. The fourth-order valence-electron chi connectivity index (χ4n) is 1.64. The molecule has 86 valence electrons. The van der Waals surface area contributed by atoms with Crippen LogP contribution in [0.3, 0.4) is 0 Å². The normalized spacial score (nSPS) is 16.2. The summed E-state index contributed by atoms with van der Waals surface area (Å²) >= 11 is 0. The van der Waals surface area contributed by atoms with E-state index in [1.54, 1.807) is 11.8 Å². The number of aromatic nitrogens is 2. The Bertz CT molecular complexity index is 402. The molecule has 2 rings (SSSR count). The zero-order chi connectivity index (χ0) is 11.5. The van der Waals surface area contributed by atoms with Gasteiger partial charge in [0.05, 0.1) is 5.69 Å². The van der Waals surface area contributed by atoms with Crippen LogP contribution in [-0.4, -0.2) is 52.1 Å². The second-order valence-corrected chi connectivity index (χ2v) is 3.70. The van der Waals surface area contributed by atoms with Crippen molar-refractivity contribution in [2.75, 3.05) is 26.2 Å². The van der Waals surface area contributed by atoms with Gasteiger partial charge in [0.25, 0.3) is 5.91 Å². The van der Waals surface area contributed by atoms with Crippen LogP contribution in [0.15, 0.2) is 6.33 Å². The van der Waals surface area contributed by atoms with E-state index in [9.17, 15) is 9.90 Å². The van der Waals surface area contributed by atoms with Crippen LogP contribution in [0.4, 0.5) is 0 Å². The Morgan fingerprint density at radius 3 is 2.81 bits per heavy atom. The van der Waals surface area contributed by atoms with Gasteiger partial charge in [-0.25, -0.2) is 9.97 Å². The lowest BCUT2D eigenvalue weighted by Gasteiger charge is -2.27. The van der Waals surface area contributed by atoms with E-state index in [-0.39, 0.29) is 17.4 Å². The van der Waals surface area contributed by atoms with Gasteiger partial charge in [0, 0.05) is 26.2 Å². The maximum Gasteiger partial charge on any atom is 0.276 e. The third kappa shape index (κ3) is 1.96. The maximum absolute atomic E-state index is 12.0. The van der Waals surface area contributed by atoms with Gasteiger partial charge in [0.15, 0.2) is 11.4 Å². The summed E-state index contributed by atoms with van der Waals surface area (Å²) in [5, 5.41) is 12.9. The first-order valence-electron chi connectivity index (χ1n) is 5.20. The predicted octanol–water partition coefficient (Wildman–Crippen LogP) is -0.464. The first kappa shape index (κ1) is 10.8. The molecule has 2 heterocycles. The molecule has 0 saturated carbocycles. The number of piperazine rings is 1. The van der Waals surface area contributed by atoms with E-state index in [0.717, 1.165) is 13.1 Å². The molecule has 1 saturated heterocycles. The number of carbonyl (C=O) groups is 1. The highest BCUT2D eigenvalue weighted by Crippen LogP contribution is 2.18. The second-order valence-electron chi connectivity index (χ2n) is 3.70. The Morgan fingerprint density at radius 1 is 1.44 bits per heavy atom. The number of aryl methyl sites for hydroxylation is 1. The molecule has 0 atom stereocenters. The van der Waals surface area contributed by atoms with E-state index < -0.39 is 0 Å². The first-order chi connectivity index (χ1) is 7.70. The van der Waals surface area contributed by atoms with Crippen molar-refractivity contribution in [3.8, 4) is 5.75 Å². The number of carbonyl (C=O) groups excluding carboxylic acids is 1. The molecule has 1 aliphatic heterocycles. The lowest BCUT2D eigenvalue weighted by Crippen LogP contribution is -2.46. The van der Waals surface area contributed by atoms with Gasteiger partial charge in [-0.15, -0.1) is 0 Å². The molecular weight excluding hydrogens is 208 g/mol. The summed E-state index contributed by atoms with van der Waals surface area (Å²) < 4.78 is 0. The number of rotatable bonds is 1. The van der Waals surface area contributed by atoms with Gasteiger partial charge >= 0.3 is 0 Å². The van der Waals surface area contributed by atoms with Crippen molar-refractivity contribution >= 4 is 5.91 Å². The Balaban J connectivity index is 2.22. The number of hydrogen-bond donors (Lipinski definition) is 2. The van der Waals surface area contributed by atoms with E-state index in [4.69, 9.17) is 0 Å². The van der Waals surface area contributed by atoms with Crippen LogP contribution in [-0.2, 0) is 0 Å². The number of aromatic hydroxyl groups is 1. The molecule has 6 nitrogen and oxygen atoms in total. The van der Waals surface area contributed by atoms with E-state index >= 15 is 0 Å². The van der Waals surface area contributed by atoms with Crippen molar-refractivity contribution < 1.29 is 9.90 Å². The highest BCUT2D eigenvalue weighted by Gasteiger charge is 2.22. The number of amides is 1. The molecule has 16 heavy (non-hydrogen) atoms. The smallest absolute Gasteiger partial charge is 0.276 e. The van der Waals surface area contributed by atoms with Gasteiger partial charge in [0.2, 0.25) is 0 Å². The molecule has 0 aliphatic carbocycles. The van der Waals surface area contributed by atoms with E-state index in [0.29, 0.717) is 18.8 Å². The molecule has 1 fully saturated rings. The summed E-state index contributed by atoms with van der Waals surface area (Å²) in [6, 6.07) is 0. The lowest BCUT2D eigenvalue weighted by molar-refractivity contribution is 0.0726. The van der Waals surface area contributed by atoms with Crippen LogP contribution >= 0.6 is 0 Å². The fraction of sp³-hybridized carbons (Fsp3) is 0.500.